The molecule has 0 bridgehead atoms. The third kappa shape index (κ3) is 2.08. The second kappa shape index (κ2) is 4.64. The fourth-order valence-corrected chi connectivity index (χ4v) is 2.97. The van der Waals surface area contributed by atoms with Crippen LogP contribution in [-0.2, 0) is 0 Å². The van der Waals surface area contributed by atoms with Gasteiger partial charge in [-0.15, -0.1) is 11.3 Å². The quantitative estimate of drug-likeness (QED) is 0.904. The highest BCUT2D eigenvalue weighted by Crippen LogP contribution is 2.29. The first-order valence-corrected chi connectivity index (χ1v) is 6.54. The average Bonchev–Trinajstić information content (AvgIpc) is 2.88. The Bertz CT molecular complexity index is 508. The van der Waals surface area contributed by atoms with Gasteiger partial charge in [0.25, 0.3) is 0 Å². The highest BCUT2D eigenvalue weighted by Gasteiger charge is 2.13. The van der Waals surface area contributed by atoms with Gasteiger partial charge in [-0.2, -0.15) is 9.64 Å². The molecule has 1 atom stereocenters. The number of nitrogens with zero attached hydrogens (tertiary/aromatic N) is 2. The third-order valence-corrected chi connectivity index (χ3v) is 4.22. The molecule has 3 nitrogen and oxygen atoms in total. The Morgan fingerprint density at radius 1 is 1.56 bits per heavy atom. The molecule has 2 aromatic heterocycles. The maximum absolute atomic E-state index is 9.01. The van der Waals surface area contributed by atoms with Crippen LogP contribution in [0.1, 0.15) is 29.1 Å². The second-order valence-electron chi connectivity index (χ2n) is 3.47. The molecular formula is C11H11N3S2. The van der Waals surface area contributed by atoms with Gasteiger partial charge < -0.3 is 5.32 Å². The Balaban J connectivity index is 2.19. The third-order valence-electron chi connectivity index (χ3n) is 2.29. The molecule has 1 unspecified atom stereocenters. The van der Waals surface area contributed by atoms with Crippen molar-refractivity contribution in [3.63, 3.8) is 0 Å². The van der Waals surface area contributed by atoms with E-state index in [1.165, 1.54) is 16.4 Å². The van der Waals surface area contributed by atoms with Crippen LogP contribution in [0.15, 0.2) is 17.5 Å². The summed E-state index contributed by atoms with van der Waals surface area (Å²) in [5.74, 6) is 0. The number of hydrogen-bond donors (Lipinski definition) is 1. The van der Waals surface area contributed by atoms with Crippen LogP contribution in [0.5, 0.6) is 0 Å². The highest BCUT2D eigenvalue weighted by atomic mass is 32.1. The molecule has 0 saturated heterocycles. The molecule has 0 radical (unpaired) electrons. The van der Waals surface area contributed by atoms with Gasteiger partial charge in [-0.05, 0) is 36.8 Å². The lowest BCUT2D eigenvalue weighted by Crippen LogP contribution is -2.04. The lowest BCUT2D eigenvalue weighted by molar-refractivity contribution is 0.912. The van der Waals surface area contributed by atoms with Crippen molar-refractivity contribution in [3.8, 4) is 6.07 Å². The maximum Gasteiger partial charge on any atom is 0.128 e. The van der Waals surface area contributed by atoms with Crippen molar-refractivity contribution in [3.05, 3.63) is 33.6 Å². The zero-order valence-corrected chi connectivity index (χ0v) is 10.7. The molecule has 5 heteroatoms. The number of hydrogen-bond acceptors (Lipinski definition) is 5. The Morgan fingerprint density at radius 2 is 2.38 bits per heavy atom. The minimum Gasteiger partial charge on any atom is -0.367 e. The van der Waals surface area contributed by atoms with E-state index in [0.717, 1.165) is 10.7 Å². The lowest BCUT2D eigenvalue weighted by atomic mass is 10.2. The van der Waals surface area contributed by atoms with Gasteiger partial charge in [-0.1, -0.05) is 6.07 Å². The van der Waals surface area contributed by atoms with E-state index in [9.17, 15) is 0 Å². The van der Waals surface area contributed by atoms with Crippen LogP contribution in [0.2, 0.25) is 0 Å². The van der Waals surface area contributed by atoms with Gasteiger partial charge in [0.2, 0.25) is 0 Å². The van der Waals surface area contributed by atoms with Crippen LogP contribution in [-0.4, -0.2) is 4.37 Å². The van der Waals surface area contributed by atoms with Gasteiger partial charge in [0.1, 0.15) is 16.6 Å². The number of aromatic nitrogens is 1. The van der Waals surface area contributed by atoms with E-state index in [2.05, 4.69) is 34.1 Å². The standard InChI is InChI=1S/C11H11N3S2/c1-7-9(6-12)11(16-14-7)13-8(2)10-4-3-5-15-10/h3-5,8,13H,1-2H3. The van der Waals surface area contributed by atoms with E-state index in [1.807, 2.05) is 13.0 Å². The lowest BCUT2D eigenvalue weighted by Gasteiger charge is -2.11. The first-order valence-electron chi connectivity index (χ1n) is 4.88. The van der Waals surface area contributed by atoms with Gasteiger partial charge in [0, 0.05) is 4.88 Å². The Labute approximate surface area is 103 Å². The van der Waals surface area contributed by atoms with Crippen molar-refractivity contribution in [1.29, 1.82) is 5.26 Å². The largest absolute Gasteiger partial charge is 0.367 e. The molecule has 0 aliphatic carbocycles. The Kier molecular flexibility index (Phi) is 3.22. The molecule has 2 aromatic rings. The summed E-state index contributed by atoms with van der Waals surface area (Å²) in [5, 5.41) is 15.3. The molecule has 2 heterocycles. The smallest absolute Gasteiger partial charge is 0.128 e. The Morgan fingerprint density at radius 3 is 3.00 bits per heavy atom. The number of anilines is 1. The van der Waals surface area contributed by atoms with E-state index in [1.54, 1.807) is 11.3 Å². The molecule has 0 saturated carbocycles. The van der Waals surface area contributed by atoms with Crippen molar-refractivity contribution in [2.75, 3.05) is 5.32 Å². The molecule has 0 fully saturated rings. The van der Waals surface area contributed by atoms with E-state index in [-0.39, 0.29) is 6.04 Å². The van der Waals surface area contributed by atoms with Gasteiger partial charge >= 0.3 is 0 Å². The summed E-state index contributed by atoms with van der Waals surface area (Å²) < 4.78 is 4.18. The van der Waals surface area contributed by atoms with Crippen LogP contribution in [0.25, 0.3) is 0 Å². The van der Waals surface area contributed by atoms with Crippen molar-refractivity contribution in [1.82, 2.24) is 4.37 Å². The summed E-state index contributed by atoms with van der Waals surface area (Å²) in [6.07, 6.45) is 0. The van der Waals surface area contributed by atoms with Crippen LogP contribution in [0.3, 0.4) is 0 Å². The number of aryl methyl sites for hydroxylation is 1. The summed E-state index contributed by atoms with van der Waals surface area (Å²) in [6, 6.07) is 6.51. The fourth-order valence-electron chi connectivity index (χ4n) is 1.41. The molecular weight excluding hydrogens is 238 g/mol. The van der Waals surface area contributed by atoms with E-state index < -0.39 is 0 Å². The van der Waals surface area contributed by atoms with Gasteiger partial charge in [0.15, 0.2) is 0 Å². The molecule has 0 aliphatic heterocycles. The normalized spacial score (nSPS) is 12.1. The van der Waals surface area contributed by atoms with Crippen LogP contribution < -0.4 is 5.32 Å². The highest BCUT2D eigenvalue weighted by molar-refractivity contribution is 7.11. The number of rotatable bonds is 3. The van der Waals surface area contributed by atoms with Crippen LogP contribution in [0.4, 0.5) is 5.00 Å². The van der Waals surface area contributed by atoms with Crippen molar-refractivity contribution in [2.45, 2.75) is 19.9 Å². The molecule has 0 spiro atoms. The van der Waals surface area contributed by atoms with E-state index in [4.69, 9.17) is 5.26 Å². The topological polar surface area (TPSA) is 48.7 Å². The van der Waals surface area contributed by atoms with E-state index >= 15 is 0 Å². The van der Waals surface area contributed by atoms with Crippen molar-refractivity contribution >= 4 is 27.9 Å². The van der Waals surface area contributed by atoms with E-state index in [0.29, 0.717) is 5.56 Å². The summed E-state index contributed by atoms with van der Waals surface area (Å²) >= 11 is 3.06. The van der Waals surface area contributed by atoms with Crippen LogP contribution >= 0.6 is 22.9 Å². The van der Waals surface area contributed by atoms with Gasteiger partial charge in [-0.3, -0.25) is 0 Å². The molecule has 0 aliphatic rings. The number of nitriles is 1. The van der Waals surface area contributed by atoms with Gasteiger partial charge in [-0.25, -0.2) is 0 Å². The predicted octanol–water partition coefficient (Wildman–Crippen LogP) is 3.56. The van der Waals surface area contributed by atoms with Crippen molar-refractivity contribution in [2.24, 2.45) is 0 Å². The summed E-state index contributed by atoms with van der Waals surface area (Å²) in [4.78, 5) is 1.26. The van der Waals surface area contributed by atoms with Crippen molar-refractivity contribution < 1.29 is 0 Å². The fraction of sp³-hybridized carbons (Fsp3) is 0.273. The summed E-state index contributed by atoms with van der Waals surface area (Å²) in [6.45, 7) is 3.94. The Hall–Kier alpha value is -1.38. The molecule has 0 aromatic carbocycles. The molecule has 2 rings (SSSR count). The van der Waals surface area contributed by atoms with Gasteiger partial charge in [0.05, 0.1) is 11.7 Å². The minimum absolute atomic E-state index is 0.215. The maximum atomic E-state index is 9.01. The zero-order valence-electron chi connectivity index (χ0n) is 9.02. The molecule has 16 heavy (non-hydrogen) atoms. The summed E-state index contributed by atoms with van der Waals surface area (Å²) in [7, 11) is 0. The molecule has 1 N–H and O–H groups in total. The molecule has 82 valence electrons. The zero-order chi connectivity index (χ0) is 11.5. The van der Waals surface area contributed by atoms with Crippen LogP contribution in [0, 0.1) is 18.3 Å². The first kappa shape index (κ1) is 11.1. The average molecular weight is 249 g/mol. The second-order valence-corrected chi connectivity index (χ2v) is 5.22. The first-order chi connectivity index (χ1) is 7.72. The predicted molar refractivity (Wildman–Crippen MR) is 67.9 cm³/mol. The number of thiophene rings is 1. The SMILES string of the molecule is Cc1nsc(NC(C)c2cccs2)c1C#N. The monoisotopic (exact) mass is 249 g/mol. The minimum atomic E-state index is 0.215. The molecule has 0 amide bonds. The summed E-state index contributed by atoms with van der Waals surface area (Å²) in [5.41, 5.74) is 1.46. The number of nitrogens with one attached hydrogen (secondary N) is 1.